The van der Waals surface area contributed by atoms with Crippen LogP contribution in [0.4, 0.5) is 24.5 Å². The minimum Gasteiger partial charge on any atom is -0.387 e. The Hall–Kier alpha value is -2.29. The molecule has 21 heavy (non-hydrogen) atoms. The molecule has 112 valence electrons. The van der Waals surface area contributed by atoms with Crippen molar-refractivity contribution in [2.24, 2.45) is 0 Å². The summed E-state index contributed by atoms with van der Waals surface area (Å²) in [4.78, 5) is 3.38. The van der Waals surface area contributed by atoms with Gasteiger partial charge in [-0.25, -0.2) is 21.6 Å². The van der Waals surface area contributed by atoms with Crippen LogP contribution in [0.3, 0.4) is 0 Å². The van der Waals surface area contributed by atoms with Crippen molar-refractivity contribution in [1.82, 2.24) is 4.98 Å². The molecule has 0 aliphatic rings. The van der Waals surface area contributed by atoms with Crippen LogP contribution < -0.4 is 10.0 Å². The molecule has 1 heterocycles. The molecule has 2 rings (SSSR count). The molecule has 9 heteroatoms. The normalized spacial score (nSPS) is 11.2. The first-order valence-electron chi connectivity index (χ1n) is 5.64. The second-order valence-corrected chi connectivity index (χ2v) is 5.63. The molecule has 0 aliphatic heterocycles. The second kappa shape index (κ2) is 5.60. The molecule has 0 atom stereocenters. The van der Waals surface area contributed by atoms with Gasteiger partial charge < -0.3 is 5.32 Å². The molecule has 0 spiro atoms. The Morgan fingerprint density at radius 3 is 2.52 bits per heavy atom. The van der Waals surface area contributed by atoms with E-state index in [4.69, 9.17) is 0 Å². The van der Waals surface area contributed by atoms with Gasteiger partial charge in [0, 0.05) is 31.6 Å². The van der Waals surface area contributed by atoms with Gasteiger partial charge in [-0.3, -0.25) is 9.71 Å². The minimum atomic E-state index is -4.26. The number of nitrogens with zero attached hydrogens (tertiary/aromatic N) is 1. The van der Waals surface area contributed by atoms with Crippen molar-refractivity contribution >= 4 is 21.4 Å². The molecule has 2 aromatic rings. The summed E-state index contributed by atoms with van der Waals surface area (Å²) in [6, 6.07) is 2.25. The number of pyridine rings is 1. The van der Waals surface area contributed by atoms with Crippen LogP contribution in [0.5, 0.6) is 0 Å². The van der Waals surface area contributed by atoms with Crippen LogP contribution in [0.25, 0.3) is 0 Å². The predicted octanol–water partition coefficient (Wildman–Crippen LogP) is 2.34. The maximum Gasteiger partial charge on any atom is 0.265 e. The lowest BCUT2D eigenvalue weighted by atomic mass is 10.3. The summed E-state index contributed by atoms with van der Waals surface area (Å²) in [5, 5.41) is 2.62. The van der Waals surface area contributed by atoms with Crippen molar-refractivity contribution < 1.29 is 21.6 Å². The molecule has 0 radical (unpaired) electrons. The number of benzene rings is 1. The van der Waals surface area contributed by atoms with Gasteiger partial charge >= 0.3 is 0 Å². The summed E-state index contributed by atoms with van der Waals surface area (Å²) >= 11 is 0. The maximum atomic E-state index is 13.5. The van der Waals surface area contributed by atoms with Gasteiger partial charge in [0.1, 0.15) is 10.7 Å². The molecule has 1 aromatic heterocycles. The van der Waals surface area contributed by atoms with E-state index < -0.39 is 33.2 Å². The second-order valence-electron chi connectivity index (χ2n) is 3.98. The largest absolute Gasteiger partial charge is 0.387 e. The zero-order valence-electron chi connectivity index (χ0n) is 10.7. The standard InChI is InChI=1S/C12H10F3N3O2S/c1-16-9-2-3-17-6-11(9)21(19,20)18-10-5-7(13)4-8(14)12(10)15/h2-6,18H,1H3,(H,16,17). The highest BCUT2D eigenvalue weighted by atomic mass is 32.2. The van der Waals surface area contributed by atoms with Crippen LogP contribution in [-0.2, 0) is 10.0 Å². The van der Waals surface area contributed by atoms with E-state index in [1.54, 1.807) is 4.72 Å². The van der Waals surface area contributed by atoms with Gasteiger partial charge in [-0.05, 0) is 6.07 Å². The van der Waals surface area contributed by atoms with Crippen LogP contribution in [-0.4, -0.2) is 20.4 Å². The molecule has 0 amide bonds. The molecular formula is C12H10F3N3O2S. The Labute approximate surface area is 118 Å². The van der Waals surface area contributed by atoms with E-state index in [0.717, 1.165) is 6.20 Å². The van der Waals surface area contributed by atoms with E-state index in [2.05, 4.69) is 10.3 Å². The van der Waals surface area contributed by atoms with Gasteiger partial charge in [-0.1, -0.05) is 0 Å². The summed E-state index contributed by atoms with van der Waals surface area (Å²) in [6.07, 6.45) is 2.38. The van der Waals surface area contributed by atoms with Crippen LogP contribution in [0, 0.1) is 17.5 Å². The van der Waals surface area contributed by atoms with Gasteiger partial charge in [0.15, 0.2) is 11.6 Å². The minimum absolute atomic E-state index is 0.204. The maximum absolute atomic E-state index is 13.5. The fraction of sp³-hybridized carbons (Fsp3) is 0.0833. The van der Waals surface area contributed by atoms with Gasteiger partial charge in [-0.15, -0.1) is 0 Å². The molecule has 1 aromatic carbocycles. The number of hydrogen-bond donors (Lipinski definition) is 2. The fourth-order valence-electron chi connectivity index (χ4n) is 1.63. The van der Waals surface area contributed by atoms with Crippen molar-refractivity contribution in [1.29, 1.82) is 0 Å². The molecular weight excluding hydrogens is 307 g/mol. The third-order valence-electron chi connectivity index (χ3n) is 2.58. The fourth-order valence-corrected chi connectivity index (χ4v) is 2.84. The average molecular weight is 317 g/mol. The number of rotatable bonds is 4. The summed E-state index contributed by atoms with van der Waals surface area (Å²) in [7, 11) is -2.78. The lowest BCUT2D eigenvalue weighted by Crippen LogP contribution is -2.16. The highest BCUT2D eigenvalue weighted by Crippen LogP contribution is 2.25. The van der Waals surface area contributed by atoms with Crippen molar-refractivity contribution in [3.8, 4) is 0 Å². The zero-order valence-corrected chi connectivity index (χ0v) is 11.5. The number of nitrogens with one attached hydrogen (secondary N) is 2. The first-order valence-corrected chi connectivity index (χ1v) is 7.12. The van der Waals surface area contributed by atoms with Gasteiger partial charge in [0.25, 0.3) is 10.0 Å². The topological polar surface area (TPSA) is 71.1 Å². The Bertz CT molecular complexity index is 781. The molecule has 0 saturated carbocycles. The van der Waals surface area contributed by atoms with Crippen molar-refractivity contribution in [3.05, 3.63) is 48.0 Å². The van der Waals surface area contributed by atoms with Crippen molar-refractivity contribution in [2.45, 2.75) is 4.90 Å². The average Bonchev–Trinajstić information content (AvgIpc) is 2.44. The Kier molecular flexibility index (Phi) is 4.03. The number of anilines is 2. The molecule has 0 unspecified atom stereocenters. The van der Waals surface area contributed by atoms with Crippen LogP contribution >= 0.6 is 0 Å². The van der Waals surface area contributed by atoms with Crippen molar-refractivity contribution in [3.63, 3.8) is 0 Å². The first-order chi connectivity index (χ1) is 9.85. The summed E-state index contributed by atoms with van der Waals surface area (Å²) in [6.45, 7) is 0. The summed E-state index contributed by atoms with van der Waals surface area (Å²) in [5.74, 6) is -4.09. The Balaban J connectivity index is 2.47. The SMILES string of the molecule is CNc1ccncc1S(=O)(=O)Nc1cc(F)cc(F)c1F. The smallest absolute Gasteiger partial charge is 0.265 e. The van der Waals surface area contributed by atoms with Gasteiger partial charge in [0.05, 0.1) is 11.4 Å². The molecule has 0 aliphatic carbocycles. The van der Waals surface area contributed by atoms with E-state index >= 15 is 0 Å². The number of sulfonamides is 1. The lowest BCUT2D eigenvalue weighted by molar-refractivity contribution is 0.498. The number of halogens is 3. The third kappa shape index (κ3) is 3.07. The van der Waals surface area contributed by atoms with E-state index in [0.29, 0.717) is 12.1 Å². The number of hydrogen-bond acceptors (Lipinski definition) is 4. The molecule has 0 saturated heterocycles. The quantitative estimate of drug-likeness (QED) is 0.849. The molecule has 5 nitrogen and oxygen atoms in total. The molecule has 0 fully saturated rings. The van der Waals surface area contributed by atoms with Crippen LogP contribution in [0.1, 0.15) is 0 Å². The lowest BCUT2D eigenvalue weighted by Gasteiger charge is -2.12. The number of aromatic nitrogens is 1. The van der Waals surface area contributed by atoms with Crippen LogP contribution in [0.15, 0.2) is 35.5 Å². The highest BCUT2D eigenvalue weighted by Gasteiger charge is 2.22. The Morgan fingerprint density at radius 1 is 1.14 bits per heavy atom. The highest BCUT2D eigenvalue weighted by molar-refractivity contribution is 7.92. The van der Waals surface area contributed by atoms with Gasteiger partial charge in [0.2, 0.25) is 0 Å². The summed E-state index contributed by atoms with van der Waals surface area (Å²) in [5.41, 5.74) is -0.617. The first kappa shape index (κ1) is 15.1. The van der Waals surface area contributed by atoms with E-state index in [1.165, 1.54) is 19.3 Å². The third-order valence-corrected chi connectivity index (χ3v) is 3.97. The monoisotopic (exact) mass is 317 g/mol. The predicted molar refractivity (Wildman–Crippen MR) is 70.9 cm³/mol. The molecule has 0 bridgehead atoms. The van der Waals surface area contributed by atoms with Gasteiger partial charge in [-0.2, -0.15) is 0 Å². The molecule has 2 N–H and O–H groups in total. The Morgan fingerprint density at radius 2 is 1.86 bits per heavy atom. The summed E-state index contributed by atoms with van der Waals surface area (Å²) < 4.78 is 65.8. The van der Waals surface area contributed by atoms with E-state index in [9.17, 15) is 21.6 Å². The van der Waals surface area contributed by atoms with E-state index in [1.807, 2.05) is 0 Å². The van der Waals surface area contributed by atoms with E-state index in [-0.39, 0.29) is 10.6 Å². The zero-order chi connectivity index (χ0) is 15.6. The van der Waals surface area contributed by atoms with Crippen LogP contribution in [0.2, 0.25) is 0 Å². The van der Waals surface area contributed by atoms with Crippen molar-refractivity contribution in [2.75, 3.05) is 17.1 Å².